The van der Waals surface area contributed by atoms with E-state index in [1.807, 2.05) is 48.7 Å². The lowest BCUT2D eigenvalue weighted by Crippen LogP contribution is -2.47. The summed E-state index contributed by atoms with van der Waals surface area (Å²) in [5.41, 5.74) is 3.19. The van der Waals surface area contributed by atoms with Gasteiger partial charge in [0.1, 0.15) is 11.4 Å². The van der Waals surface area contributed by atoms with E-state index in [1.165, 1.54) is 0 Å². The fraction of sp³-hybridized carbons (Fsp3) is 0.318. The molecule has 0 unspecified atom stereocenters. The number of piperidine rings is 1. The largest absolute Gasteiger partial charge is 0.497 e. The van der Waals surface area contributed by atoms with Crippen molar-refractivity contribution in [3.8, 4) is 17.0 Å². The Morgan fingerprint density at radius 3 is 2.90 bits per heavy atom. The Balaban J connectivity index is 1.35. The van der Waals surface area contributed by atoms with Crippen LogP contribution in [0.5, 0.6) is 5.75 Å². The van der Waals surface area contributed by atoms with Gasteiger partial charge in [-0.1, -0.05) is 6.07 Å². The molecule has 0 spiro atoms. The zero-order valence-corrected chi connectivity index (χ0v) is 16.5. The van der Waals surface area contributed by atoms with Gasteiger partial charge in [0.25, 0.3) is 5.91 Å². The van der Waals surface area contributed by atoms with E-state index in [2.05, 4.69) is 25.4 Å². The molecule has 0 radical (unpaired) electrons. The standard InChI is InChI=1S/C22H25N5O2/c1-29-19-9-7-16(8-10-19)20-13-21(26-25-20)22(28)24-18-6-4-12-27(15-18)14-17-5-2-3-11-23-17/h2-3,5,7-11,13,18H,4,6,12,14-15H2,1H3,(H,24,28)(H,25,26)/t18-/m1/s1. The van der Waals surface area contributed by atoms with Gasteiger partial charge in [-0.3, -0.25) is 19.8 Å². The predicted octanol–water partition coefficient (Wildman–Crippen LogP) is 2.87. The highest BCUT2D eigenvalue weighted by Crippen LogP contribution is 2.21. The van der Waals surface area contributed by atoms with Crippen molar-refractivity contribution in [2.75, 3.05) is 20.2 Å². The van der Waals surface area contributed by atoms with E-state index in [1.54, 1.807) is 13.2 Å². The molecule has 7 nitrogen and oxygen atoms in total. The minimum Gasteiger partial charge on any atom is -0.497 e. The van der Waals surface area contributed by atoms with Gasteiger partial charge in [-0.25, -0.2) is 0 Å². The first-order valence-electron chi connectivity index (χ1n) is 9.84. The molecule has 1 aromatic carbocycles. The number of carbonyl (C=O) groups is 1. The molecule has 29 heavy (non-hydrogen) atoms. The van der Waals surface area contributed by atoms with E-state index in [4.69, 9.17) is 4.74 Å². The summed E-state index contributed by atoms with van der Waals surface area (Å²) in [6.45, 7) is 2.65. The lowest BCUT2D eigenvalue weighted by Gasteiger charge is -2.32. The number of aromatic nitrogens is 3. The summed E-state index contributed by atoms with van der Waals surface area (Å²) >= 11 is 0. The number of hydrogen-bond donors (Lipinski definition) is 2. The number of amides is 1. The van der Waals surface area contributed by atoms with Gasteiger partial charge in [0.2, 0.25) is 0 Å². The third-order valence-corrected chi connectivity index (χ3v) is 5.16. The van der Waals surface area contributed by atoms with Crippen LogP contribution in [-0.2, 0) is 6.54 Å². The highest BCUT2D eigenvalue weighted by Gasteiger charge is 2.23. The molecule has 1 atom stereocenters. The van der Waals surface area contributed by atoms with Gasteiger partial charge >= 0.3 is 0 Å². The molecule has 4 rings (SSSR count). The number of nitrogens with zero attached hydrogens (tertiary/aromatic N) is 3. The van der Waals surface area contributed by atoms with E-state index in [0.717, 1.165) is 55.2 Å². The topological polar surface area (TPSA) is 83.1 Å². The van der Waals surface area contributed by atoms with Crippen molar-refractivity contribution in [3.05, 3.63) is 66.1 Å². The number of H-pyrrole nitrogens is 1. The van der Waals surface area contributed by atoms with Crippen molar-refractivity contribution in [1.82, 2.24) is 25.4 Å². The average Bonchev–Trinajstić information content (AvgIpc) is 3.25. The Morgan fingerprint density at radius 1 is 1.28 bits per heavy atom. The van der Waals surface area contributed by atoms with Crippen molar-refractivity contribution in [2.24, 2.45) is 0 Å². The lowest BCUT2D eigenvalue weighted by molar-refractivity contribution is 0.0895. The van der Waals surface area contributed by atoms with Gasteiger partial charge < -0.3 is 10.1 Å². The number of nitrogens with one attached hydrogen (secondary N) is 2. The number of rotatable bonds is 6. The summed E-state index contributed by atoms with van der Waals surface area (Å²) in [6.07, 6.45) is 3.85. The maximum atomic E-state index is 12.7. The molecule has 1 fully saturated rings. The van der Waals surface area contributed by atoms with Gasteiger partial charge in [-0.2, -0.15) is 5.10 Å². The maximum Gasteiger partial charge on any atom is 0.269 e. The first kappa shape index (κ1) is 19.1. The summed E-state index contributed by atoms with van der Waals surface area (Å²) in [6, 6.07) is 15.5. The van der Waals surface area contributed by atoms with E-state index in [9.17, 15) is 4.79 Å². The number of ether oxygens (including phenoxy) is 1. The van der Waals surface area contributed by atoms with Crippen LogP contribution in [0.25, 0.3) is 11.3 Å². The summed E-state index contributed by atoms with van der Waals surface area (Å²) < 4.78 is 5.18. The van der Waals surface area contributed by atoms with E-state index >= 15 is 0 Å². The SMILES string of the molecule is COc1ccc(-c2cc(C(=O)N[C@@H]3CCCN(Cc4ccccn4)C3)[nH]n2)cc1. The van der Waals surface area contributed by atoms with Gasteiger partial charge in [-0.05, 0) is 61.9 Å². The second kappa shape index (κ2) is 8.87. The molecule has 3 heterocycles. The van der Waals surface area contributed by atoms with Crippen LogP contribution in [0.1, 0.15) is 29.0 Å². The maximum absolute atomic E-state index is 12.7. The summed E-state index contributed by atoms with van der Waals surface area (Å²) in [7, 11) is 1.63. The third kappa shape index (κ3) is 4.81. The minimum atomic E-state index is -0.123. The molecule has 1 aliphatic heterocycles. The van der Waals surface area contributed by atoms with Crippen LogP contribution in [0, 0.1) is 0 Å². The van der Waals surface area contributed by atoms with Crippen LogP contribution in [0.15, 0.2) is 54.7 Å². The summed E-state index contributed by atoms with van der Waals surface area (Å²) in [5.74, 6) is 0.664. The minimum absolute atomic E-state index is 0.118. The Hall–Kier alpha value is -3.19. The molecular formula is C22H25N5O2. The number of aromatic amines is 1. The Kier molecular flexibility index (Phi) is 5.86. The zero-order valence-electron chi connectivity index (χ0n) is 16.5. The number of methoxy groups -OCH3 is 1. The number of hydrogen-bond acceptors (Lipinski definition) is 5. The second-order valence-corrected chi connectivity index (χ2v) is 7.26. The molecule has 7 heteroatoms. The molecule has 3 aromatic rings. The van der Waals surface area contributed by atoms with E-state index < -0.39 is 0 Å². The Morgan fingerprint density at radius 2 is 2.14 bits per heavy atom. The van der Waals surface area contributed by atoms with E-state index in [0.29, 0.717) is 5.69 Å². The van der Waals surface area contributed by atoms with Crippen LogP contribution < -0.4 is 10.1 Å². The van der Waals surface area contributed by atoms with Gasteiger partial charge in [0, 0.05) is 30.9 Å². The second-order valence-electron chi connectivity index (χ2n) is 7.26. The van der Waals surface area contributed by atoms with E-state index in [-0.39, 0.29) is 11.9 Å². The molecule has 0 bridgehead atoms. The smallest absolute Gasteiger partial charge is 0.269 e. The van der Waals surface area contributed by atoms with Crippen LogP contribution in [0.4, 0.5) is 0 Å². The van der Waals surface area contributed by atoms with Crippen molar-refractivity contribution < 1.29 is 9.53 Å². The van der Waals surface area contributed by atoms with Crippen molar-refractivity contribution in [2.45, 2.75) is 25.4 Å². The number of carbonyl (C=O) groups excluding carboxylic acids is 1. The summed E-state index contributed by atoms with van der Waals surface area (Å²) in [5, 5.41) is 10.3. The first-order valence-corrected chi connectivity index (χ1v) is 9.84. The van der Waals surface area contributed by atoms with Gasteiger partial charge in [-0.15, -0.1) is 0 Å². The van der Waals surface area contributed by atoms with Crippen LogP contribution in [-0.4, -0.2) is 52.2 Å². The highest BCUT2D eigenvalue weighted by molar-refractivity contribution is 5.93. The normalized spacial score (nSPS) is 17.1. The van der Waals surface area contributed by atoms with Gasteiger partial charge in [0.15, 0.2) is 0 Å². The quantitative estimate of drug-likeness (QED) is 0.675. The molecular weight excluding hydrogens is 366 g/mol. The number of pyridine rings is 1. The monoisotopic (exact) mass is 391 g/mol. The molecule has 1 aliphatic rings. The van der Waals surface area contributed by atoms with Crippen LogP contribution in [0.3, 0.4) is 0 Å². The van der Waals surface area contributed by atoms with Crippen molar-refractivity contribution in [1.29, 1.82) is 0 Å². The van der Waals surface area contributed by atoms with Crippen molar-refractivity contribution in [3.63, 3.8) is 0 Å². The average molecular weight is 391 g/mol. The fourth-order valence-corrected chi connectivity index (χ4v) is 3.65. The summed E-state index contributed by atoms with van der Waals surface area (Å²) in [4.78, 5) is 19.4. The lowest BCUT2D eigenvalue weighted by atomic mass is 10.1. The predicted molar refractivity (Wildman–Crippen MR) is 111 cm³/mol. The van der Waals surface area contributed by atoms with Crippen LogP contribution >= 0.6 is 0 Å². The molecule has 1 saturated heterocycles. The van der Waals surface area contributed by atoms with Crippen LogP contribution in [0.2, 0.25) is 0 Å². The molecule has 150 valence electrons. The third-order valence-electron chi connectivity index (χ3n) is 5.16. The van der Waals surface area contributed by atoms with Crippen molar-refractivity contribution >= 4 is 5.91 Å². The van der Waals surface area contributed by atoms with Gasteiger partial charge in [0.05, 0.1) is 18.5 Å². The molecule has 0 aliphatic carbocycles. The molecule has 0 saturated carbocycles. The first-order chi connectivity index (χ1) is 14.2. The number of benzene rings is 1. The highest BCUT2D eigenvalue weighted by atomic mass is 16.5. The Bertz CT molecular complexity index is 939. The zero-order chi connectivity index (χ0) is 20.1. The Labute approximate surface area is 170 Å². The fourth-order valence-electron chi connectivity index (χ4n) is 3.65. The molecule has 2 aromatic heterocycles. The number of likely N-dealkylation sites (tertiary alicyclic amines) is 1. The molecule has 1 amide bonds. The molecule has 2 N–H and O–H groups in total.